The van der Waals surface area contributed by atoms with Crippen molar-refractivity contribution < 1.29 is 18.4 Å². The molecule has 13 heteroatoms. The number of alkyl halides is 2. The Balaban J connectivity index is 1.75. The number of nitrogens with zero attached hydrogens (tertiary/aromatic N) is 4. The molecule has 3 heterocycles. The zero-order valence-electron chi connectivity index (χ0n) is 19.9. The summed E-state index contributed by atoms with van der Waals surface area (Å²) < 4.78 is 28.5. The van der Waals surface area contributed by atoms with Gasteiger partial charge in [0.2, 0.25) is 5.91 Å². The summed E-state index contributed by atoms with van der Waals surface area (Å²) in [5, 5.41) is 17.6. The highest BCUT2D eigenvalue weighted by atomic mass is 32.1. The van der Waals surface area contributed by atoms with Gasteiger partial charge >= 0.3 is 0 Å². The third-order valence-corrected chi connectivity index (χ3v) is 6.57. The molecule has 0 atom stereocenters. The summed E-state index contributed by atoms with van der Waals surface area (Å²) in [6.07, 6.45) is 0.890. The highest BCUT2D eigenvalue weighted by molar-refractivity contribution is 7.07. The molecule has 0 aromatic carbocycles. The Bertz CT molecular complexity index is 1340. The van der Waals surface area contributed by atoms with Crippen LogP contribution in [0.25, 0.3) is 11.8 Å². The van der Waals surface area contributed by atoms with Crippen molar-refractivity contribution in [3.05, 3.63) is 37.7 Å². The van der Waals surface area contributed by atoms with Crippen LogP contribution in [-0.4, -0.2) is 58.4 Å². The van der Waals surface area contributed by atoms with E-state index in [-0.39, 0.29) is 71.1 Å². The van der Waals surface area contributed by atoms with Crippen LogP contribution in [0.2, 0.25) is 0 Å². The number of amides is 2. The van der Waals surface area contributed by atoms with Crippen LogP contribution >= 0.6 is 11.3 Å². The van der Waals surface area contributed by atoms with Crippen molar-refractivity contribution in [1.82, 2.24) is 19.8 Å². The van der Waals surface area contributed by atoms with E-state index in [4.69, 9.17) is 0 Å². The fourth-order valence-corrected chi connectivity index (χ4v) is 4.67. The number of anilines is 2. The number of rotatable bonds is 8. The third-order valence-electron chi connectivity index (χ3n) is 5.44. The molecule has 1 aliphatic rings. The number of thiazole rings is 1. The van der Waals surface area contributed by atoms with E-state index < -0.39 is 11.8 Å². The number of halogens is 2. The molecule has 0 bridgehead atoms. The lowest BCUT2D eigenvalue weighted by Crippen LogP contribution is -2.43. The number of hydrogen-bond donors (Lipinski definition) is 3. The van der Waals surface area contributed by atoms with Crippen LogP contribution in [0.5, 0.6) is 0 Å². The fraction of sp³-hybridized carbons (Fsp3) is 0.435. The van der Waals surface area contributed by atoms with Gasteiger partial charge in [0.1, 0.15) is 26.9 Å². The number of hydrogen-bond acceptors (Lipinski definition) is 8. The second-order valence-electron chi connectivity index (χ2n) is 8.04. The van der Waals surface area contributed by atoms with Crippen LogP contribution in [0, 0.1) is 11.3 Å². The SMILES string of the molecule is CCNC(=O)/C(C#N)=c1\s/c(=C/Nc2cccc(NC(=O)CN3CCC(F)(F)CC3)n2)c(=O)n1CC. The normalized spacial score (nSPS) is 16.7. The molecule has 10 nitrogen and oxygen atoms in total. The summed E-state index contributed by atoms with van der Waals surface area (Å²) in [4.78, 5) is 43.3. The Hall–Kier alpha value is -3.63. The first-order valence-corrected chi connectivity index (χ1v) is 12.2. The van der Waals surface area contributed by atoms with Gasteiger partial charge in [0.15, 0.2) is 5.57 Å². The Kier molecular flexibility index (Phi) is 8.89. The molecule has 36 heavy (non-hydrogen) atoms. The molecule has 0 aliphatic carbocycles. The molecular weight excluding hydrogens is 492 g/mol. The third kappa shape index (κ3) is 6.73. The average molecular weight is 520 g/mol. The predicted molar refractivity (Wildman–Crippen MR) is 133 cm³/mol. The molecule has 0 saturated carbocycles. The minimum absolute atomic E-state index is 0.0145. The highest BCUT2D eigenvalue weighted by Crippen LogP contribution is 2.27. The number of piperidine rings is 1. The number of likely N-dealkylation sites (tertiary alicyclic amines) is 1. The summed E-state index contributed by atoms with van der Waals surface area (Å²) in [5.74, 6) is -2.99. The van der Waals surface area contributed by atoms with E-state index in [2.05, 4.69) is 20.9 Å². The standard InChI is InChI=1S/C23H27F2N7O3S/c1-3-27-20(34)15(12-26)22-32(4-2)21(35)16(36-22)13-28-17-6-5-7-18(29-17)30-19(33)14-31-10-8-23(24,25)9-11-31/h5-7,13H,3-4,8-11,14H2,1-2H3,(H,27,34)(H2,28,29,30,33)/b16-13+,22-15-. The van der Waals surface area contributed by atoms with Crippen LogP contribution in [-0.2, 0) is 16.1 Å². The lowest BCUT2D eigenvalue weighted by molar-refractivity contribution is -0.119. The van der Waals surface area contributed by atoms with Crippen LogP contribution in [0.3, 0.4) is 0 Å². The maximum absolute atomic E-state index is 13.3. The second-order valence-corrected chi connectivity index (χ2v) is 9.07. The van der Waals surface area contributed by atoms with E-state index in [0.29, 0.717) is 12.4 Å². The first-order valence-electron chi connectivity index (χ1n) is 11.4. The summed E-state index contributed by atoms with van der Waals surface area (Å²) in [5.41, 5.74) is -0.501. The van der Waals surface area contributed by atoms with Crippen LogP contribution < -0.4 is 30.7 Å². The lowest BCUT2D eigenvalue weighted by atomic mass is 10.1. The molecule has 2 aromatic heterocycles. The second kappa shape index (κ2) is 11.9. The van der Waals surface area contributed by atoms with Gasteiger partial charge in [-0.15, -0.1) is 11.3 Å². The van der Waals surface area contributed by atoms with Crippen molar-refractivity contribution in [2.75, 3.05) is 36.8 Å². The zero-order chi connectivity index (χ0) is 26.3. The Morgan fingerprint density at radius 2 is 1.94 bits per heavy atom. The Morgan fingerprint density at radius 3 is 2.58 bits per heavy atom. The topological polar surface area (TPSA) is 132 Å². The number of aromatic nitrogens is 2. The lowest BCUT2D eigenvalue weighted by Gasteiger charge is -2.30. The summed E-state index contributed by atoms with van der Waals surface area (Å²) in [6.45, 7) is 4.37. The number of pyridine rings is 1. The molecule has 3 rings (SSSR count). The van der Waals surface area contributed by atoms with E-state index >= 15 is 0 Å². The van der Waals surface area contributed by atoms with Crippen molar-refractivity contribution in [2.24, 2.45) is 0 Å². The van der Waals surface area contributed by atoms with Crippen LogP contribution in [0.4, 0.5) is 20.4 Å². The molecule has 0 radical (unpaired) electrons. The summed E-state index contributed by atoms with van der Waals surface area (Å²) in [7, 11) is 0. The highest BCUT2D eigenvalue weighted by Gasteiger charge is 2.34. The van der Waals surface area contributed by atoms with E-state index in [1.165, 1.54) is 10.8 Å². The van der Waals surface area contributed by atoms with E-state index in [0.717, 1.165) is 11.3 Å². The largest absolute Gasteiger partial charge is 0.352 e. The molecule has 1 aliphatic heterocycles. The minimum atomic E-state index is -2.68. The van der Waals surface area contributed by atoms with Gasteiger partial charge in [0.25, 0.3) is 17.4 Å². The van der Waals surface area contributed by atoms with Gasteiger partial charge in [0, 0.05) is 45.2 Å². The van der Waals surface area contributed by atoms with Crippen LogP contribution in [0.15, 0.2) is 23.0 Å². The van der Waals surface area contributed by atoms with Gasteiger partial charge in [-0.3, -0.25) is 23.9 Å². The van der Waals surface area contributed by atoms with Gasteiger partial charge in [0.05, 0.1) is 6.54 Å². The minimum Gasteiger partial charge on any atom is -0.352 e. The zero-order valence-corrected chi connectivity index (χ0v) is 20.8. The fourth-order valence-electron chi connectivity index (χ4n) is 3.59. The van der Waals surface area contributed by atoms with Crippen molar-refractivity contribution in [1.29, 1.82) is 5.26 Å². The Labute approximate surface area is 209 Å². The molecule has 2 amide bonds. The summed E-state index contributed by atoms with van der Waals surface area (Å²) in [6, 6.07) is 6.75. The summed E-state index contributed by atoms with van der Waals surface area (Å²) >= 11 is 1.01. The molecule has 192 valence electrons. The smallest absolute Gasteiger partial charge is 0.270 e. The molecule has 0 spiro atoms. The van der Waals surface area contributed by atoms with E-state index in [1.807, 2.05) is 6.07 Å². The van der Waals surface area contributed by atoms with Crippen molar-refractivity contribution in [3.8, 4) is 6.07 Å². The molecule has 1 fully saturated rings. The van der Waals surface area contributed by atoms with Gasteiger partial charge in [-0.1, -0.05) is 6.07 Å². The molecule has 0 unspecified atom stereocenters. The van der Waals surface area contributed by atoms with Gasteiger partial charge < -0.3 is 16.0 Å². The van der Waals surface area contributed by atoms with Crippen molar-refractivity contribution >= 4 is 46.6 Å². The van der Waals surface area contributed by atoms with Crippen LogP contribution in [0.1, 0.15) is 26.7 Å². The average Bonchev–Trinajstić information content (AvgIpc) is 3.15. The number of carbonyl (C=O) groups is 2. The maximum atomic E-state index is 13.3. The molecular formula is C23H27F2N7O3S. The molecule has 2 aromatic rings. The van der Waals surface area contributed by atoms with E-state index in [1.54, 1.807) is 36.9 Å². The predicted octanol–water partition coefficient (Wildman–Crippen LogP) is 0.655. The first-order chi connectivity index (χ1) is 17.2. The maximum Gasteiger partial charge on any atom is 0.270 e. The van der Waals surface area contributed by atoms with Crippen molar-refractivity contribution in [3.63, 3.8) is 0 Å². The van der Waals surface area contributed by atoms with Gasteiger partial charge in [-0.25, -0.2) is 13.8 Å². The van der Waals surface area contributed by atoms with Crippen molar-refractivity contribution in [2.45, 2.75) is 39.2 Å². The number of nitriles is 1. The Morgan fingerprint density at radius 1 is 1.25 bits per heavy atom. The molecule has 1 saturated heterocycles. The number of carbonyl (C=O) groups excluding carboxylic acids is 2. The van der Waals surface area contributed by atoms with Gasteiger partial charge in [-0.05, 0) is 26.0 Å². The monoisotopic (exact) mass is 519 g/mol. The quantitative estimate of drug-likeness (QED) is 0.467. The van der Waals surface area contributed by atoms with Gasteiger partial charge in [-0.2, -0.15) is 5.26 Å². The van der Waals surface area contributed by atoms with E-state index in [9.17, 15) is 28.4 Å². The number of nitrogens with one attached hydrogen (secondary N) is 3. The molecule has 3 N–H and O–H groups in total. The first kappa shape index (κ1) is 27.0.